The Labute approximate surface area is 190 Å². The number of nitrogens with zero attached hydrogens (tertiary/aromatic N) is 1. The third kappa shape index (κ3) is 6.60. The van der Waals surface area contributed by atoms with Gasteiger partial charge >= 0.3 is 5.97 Å². The van der Waals surface area contributed by atoms with Crippen LogP contribution in [-0.2, 0) is 29.1 Å². The van der Waals surface area contributed by atoms with Crippen molar-refractivity contribution in [2.75, 3.05) is 45.3 Å². The van der Waals surface area contributed by atoms with E-state index in [-0.39, 0.29) is 23.7 Å². The molecule has 1 heterocycles. The van der Waals surface area contributed by atoms with Crippen LogP contribution in [0.1, 0.15) is 5.56 Å². The molecule has 1 N–H and O–H groups in total. The zero-order chi connectivity index (χ0) is 23.8. The Morgan fingerprint density at radius 3 is 2.52 bits per heavy atom. The molecular formula is C22H23FN2O7S. The lowest BCUT2D eigenvalue weighted by molar-refractivity contribution is -0.142. The van der Waals surface area contributed by atoms with Crippen LogP contribution in [0.2, 0.25) is 0 Å². The van der Waals surface area contributed by atoms with Gasteiger partial charge in [0.05, 0.1) is 20.3 Å². The summed E-state index contributed by atoms with van der Waals surface area (Å²) >= 11 is 0. The molecule has 0 aromatic heterocycles. The first kappa shape index (κ1) is 24.4. The first-order valence-corrected chi connectivity index (χ1v) is 11.4. The molecular weight excluding hydrogens is 455 g/mol. The number of nitrogens with one attached hydrogen (secondary N) is 1. The molecule has 33 heavy (non-hydrogen) atoms. The van der Waals surface area contributed by atoms with Crippen LogP contribution in [0, 0.1) is 5.82 Å². The number of ether oxygens (including phenoxy) is 3. The lowest BCUT2D eigenvalue weighted by Crippen LogP contribution is -2.40. The summed E-state index contributed by atoms with van der Waals surface area (Å²) in [5.74, 6) is -1.65. The number of halogens is 1. The number of anilines is 1. The number of sulfonamides is 1. The minimum atomic E-state index is -3.82. The molecule has 9 nitrogen and oxygen atoms in total. The minimum Gasteiger partial charge on any atom is -0.495 e. The number of carbonyl (C=O) groups is 2. The average Bonchev–Trinajstić information content (AvgIpc) is 2.83. The maximum absolute atomic E-state index is 13.0. The quantitative estimate of drug-likeness (QED) is 0.457. The lowest BCUT2D eigenvalue weighted by atomic mass is 10.2. The van der Waals surface area contributed by atoms with E-state index in [0.717, 1.165) is 6.08 Å². The molecule has 2 aromatic rings. The molecule has 0 spiro atoms. The largest absolute Gasteiger partial charge is 0.495 e. The summed E-state index contributed by atoms with van der Waals surface area (Å²) in [7, 11) is -2.45. The van der Waals surface area contributed by atoms with Gasteiger partial charge in [-0.3, -0.25) is 4.79 Å². The monoisotopic (exact) mass is 478 g/mol. The van der Waals surface area contributed by atoms with Crippen molar-refractivity contribution in [2.24, 2.45) is 0 Å². The fourth-order valence-electron chi connectivity index (χ4n) is 3.00. The van der Waals surface area contributed by atoms with Crippen LogP contribution >= 0.6 is 0 Å². The first-order valence-electron chi connectivity index (χ1n) is 9.96. The molecule has 1 saturated heterocycles. The number of methoxy groups -OCH3 is 1. The Bertz CT molecular complexity index is 1130. The van der Waals surface area contributed by atoms with Gasteiger partial charge in [-0.15, -0.1) is 0 Å². The maximum atomic E-state index is 13.0. The summed E-state index contributed by atoms with van der Waals surface area (Å²) in [5, 5.41) is 2.47. The number of hydrogen-bond donors (Lipinski definition) is 1. The number of esters is 1. The zero-order valence-electron chi connectivity index (χ0n) is 17.8. The lowest BCUT2D eigenvalue weighted by Gasteiger charge is -2.26. The van der Waals surface area contributed by atoms with E-state index in [1.165, 1.54) is 53.9 Å². The van der Waals surface area contributed by atoms with Crippen LogP contribution in [0.25, 0.3) is 6.08 Å². The Morgan fingerprint density at radius 2 is 1.85 bits per heavy atom. The molecule has 1 aliphatic heterocycles. The Balaban J connectivity index is 1.63. The molecule has 176 valence electrons. The van der Waals surface area contributed by atoms with E-state index in [9.17, 15) is 22.4 Å². The fourth-order valence-corrected chi connectivity index (χ4v) is 4.60. The number of rotatable bonds is 8. The zero-order valence-corrected chi connectivity index (χ0v) is 18.6. The second-order valence-corrected chi connectivity index (χ2v) is 8.83. The van der Waals surface area contributed by atoms with Gasteiger partial charge in [-0.1, -0.05) is 6.07 Å². The second-order valence-electron chi connectivity index (χ2n) is 6.92. The van der Waals surface area contributed by atoms with Gasteiger partial charge in [0.25, 0.3) is 5.91 Å². The van der Waals surface area contributed by atoms with Gasteiger partial charge < -0.3 is 19.5 Å². The number of benzene rings is 2. The normalized spacial score (nSPS) is 14.7. The third-order valence-corrected chi connectivity index (χ3v) is 6.58. The van der Waals surface area contributed by atoms with Crippen molar-refractivity contribution in [3.8, 4) is 5.75 Å². The van der Waals surface area contributed by atoms with Gasteiger partial charge in [0.2, 0.25) is 10.0 Å². The topological polar surface area (TPSA) is 111 Å². The highest BCUT2D eigenvalue weighted by atomic mass is 32.2. The van der Waals surface area contributed by atoms with Crippen molar-refractivity contribution < 1.29 is 36.6 Å². The SMILES string of the molecule is COc1ccc(/C=C/C(=O)OCC(=O)Nc2ccc(F)cc2)cc1S(=O)(=O)N1CCOCC1. The molecule has 0 saturated carbocycles. The molecule has 1 amide bonds. The van der Waals surface area contributed by atoms with Crippen LogP contribution in [0.5, 0.6) is 5.75 Å². The van der Waals surface area contributed by atoms with Gasteiger partial charge in [0.1, 0.15) is 16.5 Å². The Morgan fingerprint density at radius 1 is 1.15 bits per heavy atom. The first-order chi connectivity index (χ1) is 15.8. The highest BCUT2D eigenvalue weighted by Gasteiger charge is 2.29. The summed E-state index contributed by atoms with van der Waals surface area (Å²) in [5.41, 5.74) is 0.788. The highest BCUT2D eigenvalue weighted by molar-refractivity contribution is 7.89. The van der Waals surface area contributed by atoms with Crippen molar-refractivity contribution in [2.45, 2.75) is 4.90 Å². The summed E-state index contributed by atoms with van der Waals surface area (Å²) in [4.78, 5) is 23.8. The van der Waals surface area contributed by atoms with E-state index in [1.54, 1.807) is 6.07 Å². The van der Waals surface area contributed by atoms with E-state index in [1.807, 2.05) is 0 Å². The number of hydrogen-bond acceptors (Lipinski definition) is 7. The average molecular weight is 478 g/mol. The highest BCUT2D eigenvalue weighted by Crippen LogP contribution is 2.28. The molecule has 0 aliphatic carbocycles. The number of morpholine rings is 1. The predicted molar refractivity (Wildman–Crippen MR) is 118 cm³/mol. The molecule has 3 rings (SSSR count). The Hall–Kier alpha value is -3.28. The molecule has 0 unspecified atom stereocenters. The van der Waals surface area contributed by atoms with Crippen LogP contribution < -0.4 is 10.1 Å². The summed E-state index contributed by atoms with van der Waals surface area (Å²) in [6.07, 6.45) is 2.45. The van der Waals surface area contributed by atoms with Gasteiger partial charge in [-0.2, -0.15) is 4.31 Å². The second kappa shape index (κ2) is 11.0. The van der Waals surface area contributed by atoms with Gasteiger partial charge in [0, 0.05) is 24.9 Å². The Kier molecular flexibility index (Phi) is 8.15. The van der Waals surface area contributed by atoms with Crippen LogP contribution in [0.3, 0.4) is 0 Å². The molecule has 1 fully saturated rings. The molecule has 2 aromatic carbocycles. The van der Waals surface area contributed by atoms with Crippen molar-refractivity contribution in [3.05, 3.63) is 59.9 Å². The van der Waals surface area contributed by atoms with Crippen molar-refractivity contribution in [1.29, 1.82) is 0 Å². The van der Waals surface area contributed by atoms with Gasteiger partial charge in [0.15, 0.2) is 6.61 Å². The van der Waals surface area contributed by atoms with Crippen LogP contribution in [0.15, 0.2) is 53.4 Å². The van der Waals surface area contributed by atoms with Crippen molar-refractivity contribution in [1.82, 2.24) is 4.31 Å². The fraction of sp³-hybridized carbons (Fsp3) is 0.273. The van der Waals surface area contributed by atoms with E-state index < -0.39 is 34.3 Å². The maximum Gasteiger partial charge on any atom is 0.331 e. The summed E-state index contributed by atoms with van der Waals surface area (Å²) < 4.78 is 55.5. The van der Waals surface area contributed by atoms with Gasteiger partial charge in [-0.25, -0.2) is 17.6 Å². The third-order valence-electron chi connectivity index (χ3n) is 4.66. The van der Waals surface area contributed by atoms with E-state index in [2.05, 4.69) is 5.32 Å². The number of carbonyl (C=O) groups excluding carboxylic acids is 2. The summed E-state index contributed by atoms with van der Waals surface area (Å²) in [6, 6.07) is 9.60. The van der Waals surface area contributed by atoms with Crippen LogP contribution in [-0.4, -0.2) is 64.6 Å². The molecule has 1 aliphatic rings. The molecule has 0 bridgehead atoms. The molecule has 0 radical (unpaired) electrons. The molecule has 11 heteroatoms. The predicted octanol–water partition coefficient (Wildman–Crippen LogP) is 2.05. The van der Waals surface area contributed by atoms with Crippen LogP contribution in [0.4, 0.5) is 10.1 Å². The minimum absolute atomic E-state index is 0.0268. The van der Waals surface area contributed by atoms with Crippen molar-refractivity contribution >= 4 is 33.7 Å². The van der Waals surface area contributed by atoms with E-state index in [4.69, 9.17) is 14.2 Å². The van der Waals surface area contributed by atoms with E-state index in [0.29, 0.717) is 24.5 Å². The summed E-state index contributed by atoms with van der Waals surface area (Å²) in [6.45, 7) is 0.541. The van der Waals surface area contributed by atoms with E-state index >= 15 is 0 Å². The van der Waals surface area contributed by atoms with Gasteiger partial charge in [-0.05, 0) is 48.0 Å². The smallest absolute Gasteiger partial charge is 0.331 e. The standard InChI is InChI=1S/C22H23FN2O7S/c1-30-19-8-2-16(14-20(19)33(28,29)25-10-12-31-13-11-25)3-9-22(27)32-15-21(26)24-18-6-4-17(23)5-7-18/h2-9,14H,10-13,15H2,1H3,(H,24,26)/b9-3+. The molecule has 0 atom stereocenters. The number of amides is 1. The van der Waals surface area contributed by atoms with Crippen molar-refractivity contribution in [3.63, 3.8) is 0 Å².